The van der Waals surface area contributed by atoms with E-state index < -0.39 is 0 Å². The number of aryl methyl sites for hydroxylation is 1. The van der Waals surface area contributed by atoms with Crippen LogP contribution in [0.15, 0.2) is 15.3 Å². The highest BCUT2D eigenvalue weighted by molar-refractivity contribution is 5.24. The predicted octanol–water partition coefficient (Wildman–Crippen LogP) is 0.418. The smallest absolute Gasteiger partial charge is 0.227 e. The van der Waals surface area contributed by atoms with Crippen LogP contribution in [0, 0.1) is 6.92 Å². The maximum Gasteiger partial charge on any atom is 0.227 e. The Bertz CT molecular complexity index is 492. The molecule has 0 aromatic carbocycles. The Morgan fingerprint density at radius 3 is 2.60 bits per heavy atom. The summed E-state index contributed by atoms with van der Waals surface area (Å²) in [5.41, 5.74) is -0.373. The van der Waals surface area contributed by atoms with Crippen molar-refractivity contribution in [1.82, 2.24) is 9.80 Å². The van der Waals surface area contributed by atoms with Crippen LogP contribution in [-0.2, 0) is 11.3 Å². The molecule has 0 bridgehead atoms. The van der Waals surface area contributed by atoms with Crippen molar-refractivity contribution in [2.24, 2.45) is 0 Å². The Hall–Kier alpha value is -1.37. The normalized spacial score (nSPS) is 17.5. The van der Waals surface area contributed by atoms with Crippen molar-refractivity contribution < 1.29 is 14.3 Å². The summed E-state index contributed by atoms with van der Waals surface area (Å²) >= 11 is 0. The first kappa shape index (κ1) is 15.0. The highest BCUT2D eigenvalue weighted by atomic mass is 16.5. The number of methoxy groups -OCH3 is 1. The van der Waals surface area contributed by atoms with E-state index in [-0.39, 0.29) is 11.2 Å². The van der Waals surface area contributed by atoms with E-state index in [4.69, 9.17) is 9.15 Å². The molecular weight excluding hydrogens is 260 g/mol. The van der Waals surface area contributed by atoms with Crippen LogP contribution in [0.4, 0.5) is 0 Å². The minimum Gasteiger partial charge on any atom is -0.502 e. The minimum absolute atomic E-state index is 0.266. The number of hydrogen-bond donors (Lipinski definition) is 1. The van der Waals surface area contributed by atoms with Crippen LogP contribution in [0.1, 0.15) is 11.5 Å². The minimum atomic E-state index is -0.373. The highest BCUT2D eigenvalue weighted by Crippen LogP contribution is 2.16. The Labute approximate surface area is 118 Å². The quantitative estimate of drug-likeness (QED) is 0.844. The second-order valence-corrected chi connectivity index (χ2v) is 5.10. The topological polar surface area (TPSA) is 66.2 Å². The molecule has 0 aliphatic carbocycles. The van der Waals surface area contributed by atoms with Crippen LogP contribution in [0.5, 0.6) is 5.75 Å². The van der Waals surface area contributed by atoms with Crippen molar-refractivity contribution in [2.75, 3.05) is 46.4 Å². The molecule has 1 fully saturated rings. The molecule has 1 saturated heterocycles. The van der Waals surface area contributed by atoms with E-state index >= 15 is 0 Å². The van der Waals surface area contributed by atoms with Gasteiger partial charge in [0.1, 0.15) is 5.76 Å². The fourth-order valence-corrected chi connectivity index (χ4v) is 2.36. The summed E-state index contributed by atoms with van der Waals surface area (Å²) in [6.07, 6.45) is 0. The molecule has 1 aromatic heterocycles. The molecule has 6 nitrogen and oxygen atoms in total. The second-order valence-electron chi connectivity index (χ2n) is 5.10. The molecule has 1 aliphatic heterocycles. The van der Waals surface area contributed by atoms with Crippen molar-refractivity contribution >= 4 is 0 Å². The van der Waals surface area contributed by atoms with Crippen LogP contribution in [0.3, 0.4) is 0 Å². The lowest BCUT2D eigenvalue weighted by Crippen LogP contribution is -2.46. The van der Waals surface area contributed by atoms with Gasteiger partial charge in [-0.3, -0.25) is 14.6 Å². The summed E-state index contributed by atoms with van der Waals surface area (Å²) in [5, 5.41) is 9.76. The van der Waals surface area contributed by atoms with Crippen molar-refractivity contribution in [3.8, 4) is 5.75 Å². The third-order valence-corrected chi connectivity index (χ3v) is 3.56. The van der Waals surface area contributed by atoms with E-state index in [1.54, 1.807) is 14.0 Å². The van der Waals surface area contributed by atoms with Crippen molar-refractivity contribution in [3.05, 3.63) is 27.8 Å². The molecule has 1 aromatic rings. The van der Waals surface area contributed by atoms with Crippen molar-refractivity contribution in [3.63, 3.8) is 0 Å². The molecule has 112 valence electrons. The lowest BCUT2D eigenvalue weighted by atomic mass is 10.2. The van der Waals surface area contributed by atoms with Crippen LogP contribution >= 0.6 is 0 Å². The highest BCUT2D eigenvalue weighted by Gasteiger charge is 2.19. The third kappa shape index (κ3) is 3.82. The summed E-state index contributed by atoms with van der Waals surface area (Å²) in [7, 11) is 1.71. The third-order valence-electron chi connectivity index (χ3n) is 3.56. The van der Waals surface area contributed by atoms with Gasteiger partial charge in [-0.2, -0.15) is 0 Å². The number of ether oxygens (including phenoxy) is 1. The molecule has 0 spiro atoms. The van der Waals surface area contributed by atoms with E-state index in [9.17, 15) is 9.90 Å². The van der Waals surface area contributed by atoms with Crippen LogP contribution < -0.4 is 5.43 Å². The molecule has 2 heterocycles. The standard InChI is InChI=1S/C14H22N2O4/c1-11-9-12(17)14(18)13(20-11)10-16-5-3-15(4-6-16)7-8-19-2/h9,18H,3-8,10H2,1-2H3. The average Bonchev–Trinajstić information content (AvgIpc) is 2.43. The first-order valence-corrected chi connectivity index (χ1v) is 6.86. The maximum absolute atomic E-state index is 11.5. The number of rotatable bonds is 5. The number of aromatic hydroxyl groups is 1. The Morgan fingerprint density at radius 1 is 1.30 bits per heavy atom. The fourth-order valence-electron chi connectivity index (χ4n) is 2.36. The van der Waals surface area contributed by atoms with E-state index in [1.807, 2.05) is 0 Å². The second kappa shape index (κ2) is 6.88. The summed E-state index contributed by atoms with van der Waals surface area (Å²) in [5.74, 6) is 0.624. The molecule has 2 rings (SSSR count). The van der Waals surface area contributed by atoms with Gasteiger partial charge in [-0.1, -0.05) is 0 Å². The zero-order chi connectivity index (χ0) is 14.5. The summed E-state index contributed by atoms with van der Waals surface area (Å²) in [6, 6.07) is 1.31. The number of piperazine rings is 1. The Kier molecular flexibility index (Phi) is 5.17. The fraction of sp³-hybridized carbons (Fsp3) is 0.643. The van der Waals surface area contributed by atoms with Crippen LogP contribution in [-0.4, -0.2) is 61.3 Å². The van der Waals surface area contributed by atoms with E-state index in [0.717, 1.165) is 39.3 Å². The zero-order valence-corrected chi connectivity index (χ0v) is 12.1. The Morgan fingerprint density at radius 2 is 1.95 bits per heavy atom. The zero-order valence-electron chi connectivity index (χ0n) is 12.1. The molecule has 0 radical (unpaired) electrons. The van der Waals surface area contributed by atoms with Crippen molar-refractivity contribution in [1.29, 1.82) is 0 Å². The van der Waals surface area contributed by atoms with E-state index in [0.29, 0.717) is 18.1 Å². The van der Waals surface area contributed by atoms with Gasteiger partial charge in [0.15, 0.2) is 5.76 Å². The van der Waals surface area contributed by atoms with E-state index in [2.05, 4.69) is 9.80 Å². The van der Waals surface area contributed by atoms with Gasteiger partial charge in [-0.25, -0.2) is 0 Å². The number of hydrogen-bond acceptors (Lipinski definition) is 6. The molecule has 0 amide bonds. The molecule has 1 N–H and O–H groups in total. The molecule has 0 unspecified atom stereocenters. The number of nitrogens with zero attached hydrogens (tertiary/aromatic N) is 2. The van der Waals surface area contributed by atoms with Gasteiger partial charge >= 0.3 is 0 Å². The average molecular weight is 282 g/mol. The van der Waals surface area contributed by atoms with Gasteiger partial charge in [-0.15, -0.1) is 0 Å². The van der Waals surface area contributed by atoms with Gasteiger partial charge in [0.2, 0.25) is 11.2 Å². The monoisotopic (exact) mass is 282 g/mol. The summed E-state index contributed by atoms with van der Waals surface area (Å²) < 4.78 is 10.5. The first-order valence-electron chi connectivity index (χ1n) is 6.86. The lowest BCUT2D eigenvalue weighted by molar-refractivity contribution is 0.0892. The molecule has 20 heavy (non-hydrogen) atoms. The van der Waals surface area contributed by atoms with Gasteiger partial charge in [0.25, 0.3) is 0 Å². The molecule has 0 saturated carbocycles. The predicted molar refractivity (Wildman–Crippen MR) is 75.0 cm³/mol. The van der Waals surface area contributed by atoms with Crippen LogP contribution in [0.2, 0.25) is 0 Å². The molecular formula is C14H22N2O4. The molecule has 1 aliphatic rings. The van der Waals surface area contributed by atoms with Crippen molar-refractivity contribution in [2.45, 2.75) is 13.5 Å². The van der Waals surface area contributed by atoms with Gasteiger partial charge < -0.3 is 14.3 Å². The SMILES string of the molecule is COCCN1CCN(Cc2oc(C)cc(=O)c2O)CC1. The van der Waals surface area contributed by atoms with E-state index in [1.165, 1.54) is 6.07 Å². The van der Waals surface area contributed by atoms with Gasteiger partial charge in [0, 0.05) is 45.9 Å². The van der Waals surface area contributed by atoms with Gasteiger partial charge in [-0.05, 0) is 6.92 Å². The Balaban J connectivity index is 1.91. The summed E-state index contributed by atoms with van der Waals surface area (Å²) in [6.45, 7) is 7.57. The lowest BCUT2D eigenvalue weighted by Gasteiger charge is -2.34. The molecule has 6 heteroatoms. The summed E-state index contributed by atoms with van der Waals surface area (Å²) in [4.78, 5) is 16.0. The van der Waals surface area contributed by atoms with Gasteiger partial charge in [0.05, 0.1) is 13.2 Å². The largest absolute Gasteiger partial charge is 0.502 e. The molecule has 0 atom stereocenters. The van der Waals surface area contributed by atoms with Crippen LogP contribution in [0.25, 0.3) is 0 Å². The first-order chi connectivity index (χ1) is 9.60. The maximum atomic E-state index is 11.5.